The number of pyridine rings is 3. The molecule has 26 heavy (non-hydrogen) atoms. The first kappa shape index (κ1) is 17.3. The van der Waals surface area contributed by atoms with E-state index in [-0.39, 0.29) is 23.8 Å². The zero-order valence-electron chi connectivity index (χ0n) is 14.5. The molecule has 3 heterocycles. The molecule has 1 N–H and O–H groups in total. The summed E-state index contributed by atoms with van der Waals surface area (Å²) in [6.45, 7) is 0.281. The van der Waals surface area contributed by atoms with Crippen LogP contribution in [0.3, 0.4) is 0 Å². The number of hydrogen-bond donors (Lipinski definition) is 1. The second-order valence-corrected chi connectivity index (χ2v) is 5.64. The van der Waals surface area contributed by atoms with Gasteiger partial charge in [0.25, 0.3) is 11.5 Å². The molecule has 3 aromatic rings. The van der Waals surface area contributed by atoms with Crippen molar-refractivity contribution in [1.82, 2.24) is 19.9 Å². The van der Waals surface area contributed by atoms with Crippen molar-refractivity contribution in [3.63, 3.8) is 0 Å². The molecule has 0 aromatic carbocycles. The van der Waals surface area contributed by atoms with E-state index in [1.54, 1.807) is 25.6 Å². The van der Waals surface area contributed by atoms with E-state index in [9.17, 15) is 9.59 Å². The Morgan fingerprint density at radius 3 is 2.81 bits per heavy atom. The van der Waals surface area contributed by atoms with Crippen LogP contribution in [0.4, 0.5) is 0 Å². The Kier molecular flexibility index (Phi) is 5.07. The van der Waals surface area contributed by atoms with Crippen LogP contribution >= 0.6 is 0 Å². The standard InChI is InChI=1S/C19H18N4O3/c1-23-12-15(16(26-2)9-17(23)24)19(25)22-11-14-6-4-8-21-18(14)13-5-3-7-20-10-13/h3-10,12H,11H2,1-2H3,(H,22,25). The van der Waals surface area contributed by atoms with Gasteiger partial charge >= 0.3 is 0 Å². The summed E-state index contributed by atoms with van der Waals surface area (Å²) < 4.78 is 6.49. The highest BCUT2D eigenvalue weighted by molar-refractivity contribution is 5.96. The smallest absolute Gasteiger partial charge is 0.256 e. The molecule has 3 rings (SSSR count). The predicted molar refractivity (Wildman–Crippen MR) is 96.9 cm³/mol. The molecule has 0 aliphatic heterocycles. The van der Waals surface area contributed by atoms with Crippen LogP contribution in [-0.2, 0) is 13.6 Å². The van der Waals surface area contributed by atoms with Gasteiger partial charge in [0, 0.05) is 50.0 Å². The first-order chi connectivity index (χ1) is 12.6. The maximum absolute atomic E-state index is 12.6. The van der Waals surface area contributed by atoms with Gasteiger partial charge in [-0.1, -0.05) is 6.07 Å². The van der Waals surface area contributed by atoms with E-state index in [0.717, 1.165) is 16.8 Å². The molecule has 0 aliphatic rings. The molecule has 0 saturated heterocycles. The fraction of sp³-hybridized carbons (Fsp3) is 0.158. The number of rotatable bonds is 5. The van der Waals surface area contributed by atoms with Gasteiger partial charge in [-0.2, -0.15) is 0 Å². The Balaban J connectivity index is 1.84. The monoisotopic (exact) mass is 350 g/mol. The zero-order valence-corrected chi connectivity index (χ0v) is 14.5. The Bertz CT molecular complexity index is 984. The molecule has 3 aromatic heterocycles. The van der Waals surface area contributed by atoms with Gasteiger partial charge in [-0.05, 0) is 23.8 Å². The third kappa shape index (κ3) is 3.61. The topological polar surface area (TPSA) is 86.1 Å². The van der Waals surface area contributed by atoms with Crippen LogP contribution in [0, 0.1) is 0 Å². The van der Waals surface area contributed by atoms with Gasteiger partial charge in [-0.15, -0.1) is 0 Å². The lowest BCUT2D eigenvalue weighted by Gasteiger charge is -2.12. The molecule has 0 spiro atoms. The number of ether oxygens (including phenoxy) is 1. The van der Waals surface area contributed by atoms with E-state index < -0.39 is 0 Å². The molecule has 0 saturated carbocycles. The molecule has 0 radical (unpaired) electrons. The molecule has 0 bridgehead atoms. The maximum atomic E-state index is 12.6. The Labute approximate surface area is 150 Å². The summed E-state index contributed by atoms with van der Waals surface area (Å²) in [6.07, 6.45) is 6.58. The number of aromatic nitrogens is 3. The van der Waals surface area contributed by atoms with Crippen molar-refractivity contribution in [3.8, 4) is 17.0 Å². The van der Waals surface area contributed by atoms with Crippen molar-refractivity contribution < 1.29 is 9.53 Å². The second-order valence-electron chi connectivity index (χ2n) is 5.64. The van der Waals surface area contributed by atoms with E-state index in [4.69, 9.17) is 4.74 Å². The van der Waals surface area contributed by atoms with Crippen LogP contribution in [-0.4, -0.2) is 27.6 Å². The number of nitrogens with one attached hydrogen (secondary N) is 1. The minimum atomic E-state index is -0.335. The summed E-state index contributed by atoms with van der Waals surface area (Å²) in [4.78, 5) is 32.8. The number of amides is 1. The summed E-state index contributed by atoms with van der Waals surface area (Å²) >= 11 is 0. The summed E-state index contributed by atoms with van der Waals surface area (Å²) in [6, 6.07) is 8.75. The van der Waals surface area contributed by atoms with Crippen molar-refractivity contribution in [2.24, 2.45) is 7.05 Å². The number of carbonyl (C=O) groups is 1. The number of aryl methyl sites for hydroxylation is 1. The van der Waals surface area contributed by atoms with Crippen molar-refractivity contribution >= 4 is 5.91 Å². The van der Waals surface area contributed by atoms with Gasteiger partial charge in [0.05, 0.1) is 18.4 Å². The first-order valence-corrected chi connectivity index (χ1v) is 7.97. The lowest BCUT2D eigenvalue weighted by atomic mass is 10.1. The number of carbonyl (C=O) groups excluding carboxylic acids is 1. The molecule has 7 nitrogen and oxygen atoms in total. The first-order valence-electron chi connectivity index (χ1n) is 7.97. The van der Waals surface area contributed by atoms with Crippen LogP contribution in [0.5, 0.6) is 5.75 Å². The van der Waals surface area contributed by atoms with Gasteiger partial charge in [0.15, 0.2) is 0 Å². The lowest BCUT2D eigenvalue weighted by molar-refractivity contribution is 0.0947. The van der Waals surface area contributed by atoms with Gasteiger partial charge in [0.1, 0.15) is 5.75 Å². The van der Waals surface area contributed by atoms with Crippen LogP contribution in [0.25, 0.3) is 11.3 Å². The summed E-state index contributed by atoms with van der Waals surface area (Å²) in [5.41, 5.74) is 2.54. The summed E-state index contributed by atoms with van der Waals surface area (Å²) in [7, 11) is 3.01. The van der Waals surface area contributed by atoms with E-state index in [0.29, 0.717) is 5.56 Å². The minimum absolute atomic E-state index is 0.240. The van der Waals surface area contributed by atoms with Crippen molar-refractivity contribution in [3.05, 3.63) is 76.6 Å². The molecule has 0 aliphatic carbocycles. The number of methoxy groups -OCH3 is 1. The highest BCUT2D eigenvalue weighted by Gasteiger charge is 2.15. The molecule has 132 valence electrons. The molecule has 0 fully saturated rings. The van der Waals surface area contributed by atoms with Gasteiger partial charge in [-0.25, -0.2) is 0 Å². The molecule has 0 atom stereocenters. The Morgan fingerprint density at radius 1 is 1.27 bits per heavy atom. The summed E-state index contributed by atoms with van der Waals surface area (Å²) in [5.74, 6) is -0.0947. The average Bonchev–Trinajstić information content (AvgIpc) is 2.68. The largest absolute Gasteiger partial charge is 0.496 e. The van der Waals surface area contributed by atoms with Gasteiger partial charge in [-0.3, -0.25) is 19.6 Å². The third-order valence-corrected chi connectivity index (χ3v) is 3.92. The fourth-order valence-electron chi connectivity index (χ4n) is 2.57. The molecule has 1 amide bonds. The van der Waals surface area contributed by atoms with E-state index in [1.165, 1.54) is 23.9 Å². The zero-order chi connectivity index (χ0) is 18.5. The van der Waals surface area contributed by atoms with Crippen LogP contribution in [0.1, 0.15) is 15.9 Å². The Hall–Kier alpha value is -3.48. The molecular formula is C19H18N4O3. The summed E-state index contributed by atoms with van der Waals surface area (Å²) in [5, 5.41) is 2.85. The molecule has 0 unspecified atom stereocenters. The maximum Gasteiger partial charge on any atom is 0.256 e. The van der Waals surface area contributed by atoms with Crippen molar-refractivity contribution in [2.75, 3.05) is 7.11 Å². The quantitative estimate of drug-likeness (QED) is 0.758. The lowest BCUT2D eigenvalue weighted by Crippen LogP contribution is -2.26. The second kappa shape index (κ2) is 7.60. The van der Waals surface area contributed by atoms with Gasteiger partial charge < -0.3 is 14.6 Å². The van der Waals surface area contributed by atoms with Crippen molar-refractivity contribution in [1.29, 1.82) is 0 Å². The van der Waals surface area contributed by atoms with Gasteiger partial charge in [0.2, 0.25) is 0 Å². The van der Waals surface area contributed by atoms with E-state index in [2.05, 4.69) is 15.3 Å². The predicted octanol–water partition coefficient (Wildman–Crippen LogP) is 1.78. The van der Waals surface area contributed by atoms with E-state index >= 15 is 0 Å². The molecular weight excluding hydrogens is 332 g/mol. The normalized spacial score (nSPS) is 10.4. The third-order valence-electron chi connectivity index (χ3n) is 3.92. The van der Waals surface area contributed by atoms with Crippen LogP contribution in [0.15, 0.2) is 59.9 Å². The van der Waals surface area contributed by atoms with Crippen molar-refractivity contribution in [2.45, 2.75) is 6.54 Å². The number of nitrogens with zero attached hydrogens (tertiary/aromatic N) is 3. The highest BCUT2D eigenvalue weighted by Crippen LogP contribution is 2.20. The number of hydrogen-bond acceptors (Lipinski definition) is 5. The minimum Gasteiger partial charge on any atom is -0.496 e. The SMILES string of the molecule is COc1cc(=O)n(C)cc1C(=O)NCc1cccnc1-c1cccnc1. The van der Waals surface area contributed by atoms with Crippen LogP contribution in [0.2, 0.25) is 0 Å². The Morgan fingerprint density at radius 2 is 2.08 bits per heavy atom. The highest BCUT2D eigenvalue weighted by atomic mass is 16.5. The van der Waals surface area contributed by atoms with E-state index in [1.807, 2.05) is 24.3 Å². The van der Waals surface area contributed by atoms with Crippen LogP contribution < -0.4 is 15.6 Å². The fourth-order valence-corrected chi connectivity index (χ4v) is 2.57. The molecule has 7 heteroatoms. The average molecular weight is 350 g/mol.